The van der Waals surface area contributed by atoms with Gasteiger partial charge in [-0.2, -0.15) is 10.5 Å². The molecule has 0 saturated carbocycles. The molecule has 0 radical (unpaired) electrons. The van der Waals surface area contributed by atoms with Crippen molar-refractivity contribution in [3.8, 4) is 17.9 Å². The Morgan fingerprint density at radius 2 is 2.21 bits per heavy atom. The lowest BCUT2D eigenvalue weighted by Crippen LogP contribution is -2.22. The third-order valence-corrected chi connectivity index (χ3v) is 2.66. The molecular weight excluding hydrogens is 242 g/mol. The Labute approximate surface area is 112 Å². The van der Waals surface area contributed by atoms with Crippen LogP contribution in [0.2, 0.25) is 0 Å². The van der Waals surface area contributed by atoms with E-state index in [1.165, 1.54) is 7.11 Å². The Hall–Kier alpha value is -2.53. The lowest BCUT2D eigenvalue weighted by molar-refractivity contribution is -0.118. The molecule has 0 heterocycles. The number of anilines is 1. The fraction of sp³-hybridized carbons (Fsp3) is 0.357. The molecule has 1 amide bonds. The number of ether oxygens (including phenoxy) is 1. The molecule has 0 aliphatic heterocycles. The average molecular weight is 257 g/mol. The molecule has 5 nitrogen and oxygen atoms in total. The quantitative estimate of drug-likeness (QED) is 0.877. The molecule has 0 spiro atoms. The van der Waals surface area contributed by atoms with Crippen molar-refractivity contribution in [3.63, 3.8) is 0 Å². The van der Waals surface area contributed by atoms with Gasteiger partial charge in [-0.25, -0.2) is 0 Å². The summed E-state index contributed by atoms with van der Waals surface area (Å²) in [6.07, 6.45) is 1.22. The lowest BCUT2D eigenvalue weighted by atomic mass is 10.0. The van der Waals surface area contributed by atoms with Gasteiger partial charge >= 0.3 is 0 Å². The van der Waals surface area contributed by atoms with E-state index < -0.39 is 11.8 Å². The fourth-order valence-corrected chi connectivity index (χ4v) is 1.68. The largest absolute Gasteiger partial charge is 0.495 e. The van der Waals surface area contributed by atoms with Gasteiger partial charge in [0, 0.05) is 0 Å². The number of carbonyl (C=O) groups excluding carboxylic acids is 1. The Kier molecular flexibility index (Phi) is 5.37. The van der Waals surface area contributed by atoms with Crippen molar-refractivity contribution in [3.05, 3.63) is 23.8 Å². The van der Waals surface area contributed by atoms with Crippen LogP contribution in [0, 0.1) is 28.6 Å². The summed E-state index contributed by atoms with van der Waals surface area (Å²) in [4.78, 5) is 12.0. The molecule has 0 fully saturated rings. The van der Waals surface area contributed by atoms with E-state index in [9.17, 15) is 4.79 Å². The molecule has 1 unspecified atom stereocenters. The number of nitrogens with zero attached hydrogens (tertiary/aromatic N) is 2. The zero-order valence-electron chi connectivity index (χ0n) is 10.9. The predicted octanol–water partition coefficient (Wildman–Crippen LogP) is 2.45. The number of carbonyl (C=O) groups is 1. The van der Waals surface area contributed by atoms with Crippen molar-refractivity contribution in [2.24, 2.45) is 5.92 Å². The second-order valence-corrected chi connectivity index (χ2v) is 3.95. The monoisotopic (exact) mass is 257 g/mol. The first-order valence-electron chi connectivity index (χ1n) is 5.95. The number of methoxy groups -OCH3 is 1. The maximum Gasteiger partial charge on any atom is 0.241 e. The van der Waals surface area contributed by atoms with Gasteiger partial charge in [-0.3, -0.25) is 4.79 Å². The van der Waals surface area contributed by atoms with Gasteiger partial charge in [0.1, 0.15) is 23.4 Å². The number of rotatable bonds is 5. The molecule has 1 rings (SSSR count). The smallest absolute Gasteiger partial charge is 0.241 e. The molecule has 0 saturated heterocycles. The Morgan fingerprint density at radius 1 is 1.47 bits per heavy atom. The summed E-state index contributed by atoms with van der Waals surface area (Å²) in [6, 6.07) is 8.85. The molecule has 5 heteroatoms. The second-order valence-electron chi connectivity index (χ2n) is 3.95. The number of hydrogen-bond donors (Lipinski definition) is 1. The molecule has 1 aromatic carbocycles. The van der Waals surface area contributed by atoms with Crippen LogP contribution in [0.3, 0.4) is 0 Å². The summed E-state index contributed by atoms with van der Waals surface area (Å²) in [5.41, 5.74) is 0.620. The normalized spacial score (nSPS) is 10.9. The van der Waals surface area contributed by atoms with Crippen LogP contribution in [0.15, 0.2) is 18.2 Å². The van der Waals surface area contributed by atoms with Crippen LogP contribution >= 0.6 is 0 Å². The van der Waals surface area contributed by atoms with Crippen molar-refractivity contribution >= 4 is 11.6 Å². The van der Waals surface area contributed by atoms with Gasteiger partial charge in [-0.15, -0.1) is 0 Å². The van der Waals surface area contributed by atoms with E-state index in [4.69, 9.17) is 15.3 Å². The zero-order chi connectivity index (χ0) is 14.3. The van der Waals surface area contributed by atoms with Crippen LogP contribution in [0.1, 0.15) is 25.3 Å². The molecule has 1 aromatic rings. The Bertz CT molecular complexity index is 541. The standard InChI is InChI=1S/C14H15N3O2/c1-3-5-11(9-16)14(18)17-13-10(8-15)6-4-7-12(13)19-2/h4,6-7,11H,3,5H2,1-2H3,(H,17,18). The third kappa shape index (κ3) is 3.46. The highest BCUT2D eigenvalue weighted by Gasteiger charge is 2.20. The van der Waals surface area contributed by atoms with Crippen LogP contribution in [0.4, 0.5) is 5.69 Å². The van der Waals surface area contributed by atoms with E-state index in [0.717, 1.165) is 6.42 Å². The summed E-state index contributed by atoms with van der Waals surface area (Å²) in [5.74, 6) is -0.729. The number of para-hydroxylation sites is 1. The van der Waals surface area contributed by atoms with Crippen molar-refractivity contribution < 1.29 is 9.53 Å². The summed E-state index contributed by atoms with van der Waals surface area (Å²) < 4.78 is 5.11. The highest BCUT2D eigenvalue weighted by Crippen LogP contribution is 2.28. The number of nitriles is 2. The zero-order valence-corrected chi connectivity index (χ0v) is 10.9. The molecule has 0 bridgehead atoms. The van der Waals surface area contributed by atoms with Crippen LogP contribution < -0.4 is 10.1 Å². The predicted molar refractivity (Wildman–Crippen MR) is 70.3 cm³/mol. The van der Waals surface area contributed by atoms with Crippen molar-refractivity contribution in [2.45, 2.75) is 19.8 Å². The first-order chi connectivity index (χ1) is 9.17. The van der Waals surface area contributed by atoms with Gasteiger partial charge < -0.3 is 10.1 Å². The summed E-state index contributed by atoms with van der Waals surface area (Å²) in [5, 5.41) is 20.6. The van der Waals surface area contributed by atoms with E-state index in [2.05, 4.69) is 5.32 Å². The summed E-state index contributed by atoms with van der Waals surface area (Å²) in [6.45, 7) is 1.90. The maximum absolute atomic E-state index is 12.0. The molecular formula is C14H15N3O2. The van der Waals surface area contributed by atoms with Crippen LogP contribution in [0.5, 0.6) is 5.75 Å². The molecule has 1 N–H and O–H groups in total. The third-order valence-electron chi connectivity index (χ3n) is 2.66. The number of hydrogen-bond acceptors (Lipinski definition) is 4. The second kappa shape index (κ2) is 7.03. The van der Waals surface area contributed by atoms with Crippen molar-refractivity contribution in [2.75, 3.05) is 12.4 Å². The maximum atomic E-state index is 12.0. The van der Waals surface area contributed by atoms with E-state index in [0.29, 0.717) is 23.4 Å². The first-order valence-corrected chi connectivity index (χ1v) is 5.95. The molecule has 1 atom stereocenters. The Balaban J connectivity index is 3.02. The molecule has 0 aliphatic carbocycles. The Morgan fingerprint density at radius 3 is 2.74 bits per heavy atom. The van der Waals surface area contributed by atoms with Gasteiger partial charge in [-0.05, 0) is 18.6 Å². The van der Waals surface area contributed by atoms with E-state index in [-0.39, 0.29) is 0 Å². The van der Waals surface area contributed by atoms with Crippen LogP contribution in [-0.2, 0) is 4.79 Å². The highest BCUT2D eigenvalue weighted by molar-refractivity contribution is 5.96. The first kappa shape index (κ1) is 14.5. The van der Waals surface area contributed by atoms with Gasteiger partial charge in [0.05, 0.1) is 18.7 Å². The van der Waals surface area contributed by atoms with Crippen LogP contribution in [-0.4, -0.2) is 13.0 Å². The molecule has 98 valence electrons. The highest BCUT2D eigenvalue weighted by atomic mass is 16.5. The van der Waals surface area contributed by atoms with E-state index >= 15 is 0 Å². The van der Waals surface area contributed by atoms with Crippen molar-refractivity contribution in [1.82, 2.24) is 0 Å². The minimum absolute atomic E-state index is 0.306. The number of benzene rings is 1. The minimum atomic E-state index is -0.721. The SMILES string of the molecule is CCCC(C#N)C(=O)Nc1c(C#N)cccc1OC. The van der Waals surface area contributed by atoms with Crippen LogP contribution in [0.25, 0.3) is 0 Å². The van der Waals surface area contributed by atoms with Gasteiger partial charge in [0.2, 0.25) is 5.91 Å². The minimum Gasteiger partial charge on any atom is -0.495 e. The topological polar surface area (TPSA) is 85.9 Å². The fourth-order valence-electron chi connectivity index (χ4n) is 1.68. The van der Waals surface area contributed by atoms with E-state index in [1.807, 2.05) is 19.1 Å². The van der Waals surface area contributed by atoms with Gasteiger partial charge in [-0.1, -0.05) is 19.4 Å². The summed E-state index contributed by atoms with van der Waals surface area (Å²) in [7, 11) is 1.46. The van der Waals surface area contributed by atoms with Gasteiger partial charge in [0.15, 0.2) is 0 Å². The molecule has 19 heavy (non-hydrogen) atoms. The summed E-state index contributed by atoms with van der Waals surface area (Å²) >= 11 is 0. The number of nitrogens with one attached hydrogen (secondary N) is 1. The average Bonchev–Trinajstić information content (AvgIpc) is 2.44. The van der Waals surface area contributed by atoms with Gasteiger partial charge in [0.25, 0.3) is 0 Å². The van der Waals surface area contributed by atoms with E-state index in [1.54, 1.807) is 18.2 Å². The lowest BCUT2D eigenvalue weighted by Gasteiger charge is -2.13. The molecule has 0 aromatic heterocycles. The molecule has 0 aliphatic rings. The number of amides is 1. The van der Waals surface area contributed by atoms with Crippen molar-refractivity contribution in [1.29, 1.82) is 10.5 Å².